The number of benzene rings is 1. The lowest BCUT2D eigenvalue weighted by Crippen LogP contribution is -2.38. The largest absolute Gasteiger partial charge is 0.496 e. The number of ether oxygens (including phenoxy) is 1. The van der Waals surface area contributed by atoms with Crippen LogP contribution in [0, 0.1) is 6.92 Å². The van der Waals surface area contributed by atoms with Gasteiger partial charge in [0.2, 0.25) is 10.0 Å². The molecule has 0 heterocycles. The number of nitrogens with one attached hydrogen (secondary N) is 3. The van der Waals surface area contributed by atoms with Crippen LogP contribution in [0.5, 0.6) is 5.75 Å². The molecule has 0 aliphatic rings. The highest BCUT2D eigenvalue weighted by Gasteiger charge is 2.04. The van der Waals surface area contributed by atoms with Crippen LogP contribution in [0.2, 0.25) is 0 Å². The number of aryl methyl sites for hydroxylation is 1. The maximum Gasteiger partial charge on any atom is 0.211 e. The monoisotopic (exact) mass is 384 g/mol. The molecule has 0 amide bonds. The molecule has 1 aromatic rings. The first kappa shape index (κ1) is 22.2. The Morgan fingerprint density at radius 1 is 1.19 bits per heavy atom. The summed E-state index contributed by atoms with van der Waals surface area (Å²) in [4.78, 5) is 4.47. The molecule has 26 heavy (non-hydrogen) atoms. The zero-order valence-corrected chi connectivity index (χ0v) is 17.1. The van der Waals surface area contributed by atoms with Crippen LogP contribution >= 0.6 is 0 Å². The van der Waals surface area contributed by atoms with E-state index in [-0.39, 0.29) is 5.75 Å². The molecule has 0 aliphatic heterocycles. The Labute approximate surface area is 157 Å². The number of guanidine groups is 1. The van der Waals surface area contributed by atoms with Crippen molar-refractivity contribution in [2.24, 2.45) is 4.99 Å². The van der Waals surface area contributed by atoms with Crippen LogP contribution in [0.1, 0.15) is 31.4 Å². The Morgan fingerprint density at radius 3 is 2.62 bits per heavy atom. The molecule has 8 heteroatoms. The topological polar surface area (TPSA) is 91.8 Å². The molecule has 0 radical (unpaired) electrons. The van der Waals surface area contributed by atoms with Gasteiger partial charge in [-0.2, -0.15) is 0 Å². The van der Waals surface area contributed by atoms with Gasteiger partial charge in [-0.15, -0.1) is 0 Å². The molecule has 0 saturated carbocycles. The predicted molar refractivity (Wildman–Crippen MR) is 107 cm³/mol. The van der Waals surface area contributed by atoms with E-state index < -0.39 is 10.0 Å². The van der Waals surface area contributed by atoms with Crippen molar-refractivity contribution in [1.29, 1.82) is 0 Å². The van der Waals surface area contributed by atoms with Crippen LogP contribution in [0.3, 0.4) is 0 Å². The summed E-state index contributed by atoms with van der Waals surface area (Å²) in [5, 5.41) is 6.49. The van der Waals surface area contributed by atoms with Gasteiger partial charge in [0.25, 0.3) is 0 Å². The Kier molecular flexibility index (Phi) is 10.0. The van der Waals surface area contributed by atoms with E-state index in [2.05, 4.69) is 38.5 Å². The summed E-state index contributed by atoms with van der Waals surface area (Å²) in [5.74, 6) is 1.74. The number of hydrogen-bond donors (Lipinski definition) is 3. The molecule has 1 rings (SSSR count). The second kappa shape index (κ2) is 11.7. The van der Waals surface area contributed by atoms with Gasteiger partial charge in [-0.05, 0) is 50.8 Å². The fourth-order valence-corrected chi connectivity index (χ4v) is 2.95. The van der Waals surface area contributed by atoms with Gasteiger partial charge in [0, 0.05) is 26.2 Å². The number of hydrogen-bond acceptors (Lipinski definition) is 4. The maximum absolute atomic E-state index is 11.4. The van der Waals surface area contributed by atoms with Gasteiger partial charge in [-0.3, -0.25) is 4.99 Å². The first-order valence-electron chi connectivity index (χ1n) is 9.04. The molecule has 0 unspecified atom stereocenters. The summed E-state index contributed by atoms with van der Waals surface area (Å²) in [6, 6.07) is 6.22. The minimum Gasteiger partial charge on any atom is -0.496 e. The fraction of sp³-hybridized carbons (Fsp3) is 0.611. The van der Waals surface area contributed by atoms with Crippen LogP contribution in [-0.2, 0) is 16.4 Å². The highest BCUT2D eigenvalue weighted by atomic mass is 32.2. The standard InChI is InChI=1S/C18H32N4O3S/c1-5-19-18(20-11-7-12-22-26(23,24)6-2)21-13-10-16-9-8-15(3)17(14-16)25-4/h8-9,14,22H,5-7,10-13H2,1-4H3,(H2,19,20,21). The Morgan fingerprint density at radius 2 is 1.96 bits per heavy atom. The summed E-state index contributed by atoms with van der Waals surface area (Å²) in [7, 11) is -1.44. The number of nitrogens with zero attached hydrogens (tertiary/aromatic N) is 1. The van der Waals surface area contributed by atoms with Gasteiger partial charge in [-0.1, -0.05) is 12.1 Å². The molecule has 0 bridgehead atoms. The highest BCUT2D eigenvalue weighted by molar-refractivity contribution is 7.89. The van der Waals surface area contributed by atoms with Crippen molar-refractivity contribution in [3.63, 3.8) is 0 Å². The van der Waals surface area contributed by atoms with Gasteiger partial charge >= 0.3 is 0 Å². The summed E-state index contributed by atoms with van der Waals surface area (Å²) in [6.07, 6.45) is 1.52. The smallest absolute Gasteiger partial charge is 0.211 e. The van der Waals surface area contributed by atoms with E-state index in [0.29, 0.717) is 19.5 Å². The van der Waals surface area contributed by atoms with Crippen LogP contribution < -0.4 is 20.1 Å². The number of methoxy groups -OCH3 is 1. The molecule has 0 atom stereocenters. The molecule has 0 spiro atoms. The van der Waals surface area contributed by atoms with Gasteiger partial charge < -0.3 is 15.4 Å². The molecule has 1 aromatic carbocycles. The van der Waals surface area contributed by atoms with Crippen LogP contribution in [-0.4, -0.2) is 53.4 Å². The zero-order valence-electron chi connectivity index (χ0n) is 16.3. The lowest BCUT2D eigenvalue weighted by atomic mass is 10.1. The molecule has 0 aromatic heterocycles. The third kappa shape index (κ3) is 8.53. The summed E-state index contributed by atoms with van der Waals surface area (Å²) >= 11 is 0. The molecule has 0 aliphatic carbocycles. The third-order valence-electron chi connectivity index (χ3n) is 3.83. The molecule has 0 saturated heterocycles. The van der Waals surface area contributed by atoms with Crippen LogP contribution in [0.4, 0.5) is 0 Å². The SMILES string of the molecule is CCNC(=NCCCNS(=O)(=O)CC)NCCc1ccc(C)c(OC)c1. The molecular weight excluding hydrogens is 352 g/mol. The minimum absolute atomic E-state index is 0.101. The fourth-order valence-electron chi connectivity index (χ4n) is 2.29. The van der Waals surface area contributed by atoms with Gasteiger partial charge in [0.05, 0.1) is 12.9 Å². The Bertz CT molecular complexity index is 675. The van der Waals surface area contributed by atoms with E-state index >= 15 is 0 Å². The van der Waals surface area contributed by atoms with E-state index in [1.807, 2.05) is 13.8 Å². The van der Waals surface area contributed by atoms with Crippen molar-refractivity contribution < 1.29 is 13.2 Å². The highest BCUT2D eigenvalue weighted by Crippen LogP contribution is 2.18. The van der Waals surface area contributed by atoms with Crippen molar-refractivity contribution in [3.8, 4) is 5.75 Å². The van der Waals surface area contributed by atoms with Crippen molar-refractivity contribution >= 4 is 16.0 Å². The van der Waals surface area contributed by atoms with Gasteiger partial charge in [0.1, 0.15) is 5.75 Å². The van der Waals surface area contributed by atoms with E-state index in [1.165, 1.54) is 5.56 Å². The number of rotatable bonds is 11. The van der Waals surface area contributed by atoms with Gasteiger partial charge in [-0.25, -0.2) is 13.1 Å². The summed E-state index contributed by atoms with van der Waals surface area (Å²) in [6.45, 7) is 8.14. The first-order chi connectivity index (χ1) is 12.4. The van der Waals surface area contributed by atoms with Crippen LogP contribution in [0.25, 0.3) is 0 Å². The number of aliphatic imine (C=N–C) groups is 1. The second-order valence-electron chi connectivity index (χ2n) is 5.89. The van der Waals surface area contributed by atoms with E-state index in [9.17, 15) is 8.42 Å². The summed E-state index contributed by atoms with van der Waals surface area (Å²) < 4.78 is 30.6. The molecule has 0 fully saturated rings. The molecule has 148 valence electrons. The molecule has 7 nitrogen and oxygen atoms in total. The van der Waals surface area contributed by atoms with Crippen molar-refractivity contribution in [3.05, 3.63) is 29.3 Å². The maximum atomic E-state index is 11.4. The first-order valence-corrected chi connectivity index (χ1v) is 10.7. The van der Waals surface area contributed by atoms with Crippen molar-refractivity contribution in [2.75, 3.05) is 39.0 Å². The minimum atomic E-state index is -3.12. The van der Waals surface area contributed by atoms with Crippen LogP contribution in [0.15, 0.2) is 23.2 Å². The molecular formula is C18H32N4O3S. The van der Waals surface area contributed by atoms with E-state index in [1.54, 1.807) is 14.0 Å². The van der Waals surface area contributed by atoms with Crippen molar-refractivity contribution in [2.45, 2.75) is 33.6 Å². The average molecular weight is 385 g/mol. The predicted octanol–water partition coefficient (Wildman–Crippen LogP) is 1.43. The summed E-state index contributed by atoms with van der Waals surface area (Å²) in [5.41, 5.74) is 2.32. The van der Waals surface area contributed by atoms with Gasteiger partial charge in [0.15, 0.2) is 5.96 Å². The third-order valence-corrected chi connectivity index (χ3v) is 5.23. The lowest BCUT2D eigenvalue weighted by Gasteiger charge is -2.12. The second-order valence-corrected chi connectivity index (χ2v) is 7.99. The average Bonchev–Trinajstić information content (AvgIpc) is 2.62. The van der Waals surface area contributed by atoms with E-state index in [4.69, 9.17) is 4.74 Å². The lowest BCUT2D eigenvalue weighted by molar-refractivity contribution is 0.411. The normalized spacial score (nSPS) is 12.1. The quantitative estimate of drug-likeness (QED) is 0.305. The molecule has 3 N–H and O–H groups in total. The van der Waals surface area contributed by atoms with Crippen molar-refractivity contribution in [1.82, 2.24) is 15.4 Å². The number of sulfonamides is 1. The Balaban J connectivity index is 2.42. The van der Waals surface area contributed by atoms with E-state index in [0.717, 1.165) is 36.8 Å². The Hall–Kier alpha value is -1.80. The zero-order chi connectivity index (χ0) is 19.4.